The molecule has 2 aromatic heterocycles. The van der Waals surface area contributed by atoms with Crippen LogP contribution in [0, 0.1) is 24.1 Å². The van der Waals surface area contributed by atoms with E-state index in [0.29, 0.717) is 11.1 Å². The van der Waals surface area contributed by atoms with Crippen LogP contribution in [0.15, 0.2) is 79.1 Å². The van der Waals surface area contributed by atoms with Crippen LogP contribution < -0.4 is 10.8 Å². The molecule has 1 atom stereocenters. The van der Waals surface area contributed by atoms with E-state index < -0.39 is 17.8 Å². The lowest BCUT2D eigenvalue weighted by atomic mass is 9.96. The van der Waals surface area contributed by atoms with Gasteiger partial charge in [-0.25, -0.2) is 4.39 Å². The van der Waals surface area contributed by atoms with E-state index in [-0.39, 0.29) is 46.5 Å². The van der Waals surface area contributed by atoms with E-state index in [4.69, 9.17) is 5.41 Å². The lowest BCUT2D eigenvalue weighted by Crippen LogP contribution is -2.30. The van der Waals surface area contributed by atoms with Crippen molar-refractivity contribution in [2.75, 3.05) is 0 Å². The van der Waals surface area contributed by atoms with Crippen LogP contribution in [-0.2, 0) is 12.7 Å². The first-order chi connectivity index (χ1) is 18.6. The largest absolute Gasteiger partial charge is 0.433 e. The second kappa shape index (κ2) is 10.5. The summed E-state index contributed by atoms with van der Waals surface area (Å²) in [6, 6.07) is 16.9. The summed E-state index contributed by atoms with van der Waals surface area (Å²) in [5, 5.41) is 11.2. The summed E-state index contributed by atoms with van der Waals surface area (Å²) in [4.78, 5) is 17.2. The maximum Gasteiger partial charge on any atom is 0.433 e. The fraction of sp³-hybridized carbons (Fsp3) is 0.233. The van der Waals surface area contributed by atoms with E-state index in [0.717, 1.165) is 24.6 Å². The third kappa shape index (κ3) is 5.92. The number of aryl methyl sites for hydroxylation is 1. The Morgan fingerprint density at radius 2 is 1.90 bits per heavy atom. The maximum absolute atomic E-state index is 13.9. The number of hydrogen-bond acceptors (Lipinski definition) is 3. The van der Waals surface area contributed by atoms with Gasteiger partial charge in [0.25, 0.3) is 5.91 Å². The number of benzene rings is 2. The molecular formula is C30H26F4N4O. The van der Waals surface area contributed by atoms with Gasteiger partial charge in [0.15, 0.2) is 5.69 Å². The quantitative estimate of drug-likeness (QED) is 0.269. The van der Waals surface area contributed by atoms with Crippen molar-refractivity contribution in [1.29, 1.82) is 5.41 Å². The second-order valence-corrected chi connectivity index (χ2v) is 9.83. The van der Waals surface area contributed by atoms with Crippen LogP contribution in [0.2, 0.25) is 0 Å². The van der Waals surface area contributed by atoms with Gasteiger partial charge in [0.2, 0.25) is 0 Å². The number of amides is 1. The maximum atomic E-state index is 13.9. The van der Waals surface area contributed by atoms with Gasteiger partial charge in [-0.1, -0.05) is 24.3 Å². The highest BCUT2D eigenvalue weighted by molar-refractivity contribution is 5.96. The average Bonchev–Trinajstić information content (AvgIpc) is 3.75. The second-order valence-electron chi connectivity index (χ2n) is 9.83. The molecule has 0 saturated heterocycles. The van der Waals surface area contributed by atoms with Crippen LogP contribution in [0.3, 0.4) is 0 Å². The number of nitrogens with zero attached hydrogens (tertiary/aromatic N) is 2. The number of hydrogen-bond donors (Lipinski definition) is 2. The predicted octanol–water partition coefficient (Wildman–Crippen LogP) is 6.43. The predicted molar refractivity (Wildman–Crippen MR) is 138 cm³/mol. The molecule has 4 aromatic rings. The molecule has 5 rings (SSSR count). The molecule has 1 aliphatic rings. The molecule has 2 N–H and O–H groups in total. The van der Waals surface area contributed by atoms with Crippen LogP contribution in [0.25, 0.3) is 11.1 Å². The molecule has 0 radical (unpaired) electrons. The molecule has 0 spiro atoms. The van der Waals surface area contributed by atoms with Crippen molar-refractivity contribution >= 4 is 5.91 Å². The summed E-state index contributed by atoms with van der Waals surface area (Å²) in [6.45, 7) is 1.84. The average molecular weight is 535 g/mol. The lowest BCUT2D eigenvalue weighted by molar-refractivity contribution is -0.140. The number of carbonyl (C=O) groups is 1. The van der Waals surface area contributed by atoms with Crippen LogP contribution in [-0.4, -0.2) is 15.5 Å². The Morgan fingerprint density at radius 1 is 1.10 bits per heavy atom. The van der Waals surface area contributed by atoms with E-state index in [2.05, 4.69) is 10.3 Å². The number of halogens is 4. The molecule has 39 heavy (non-hydrogen) atoms. The number of nitrogens with one attached hydrogen (secondary N) is 2. The zero-order chi connectivity index (χ0) is 27.7. The molecule has 0 unspecified atom stereocenters. The summed E-state index contributed by atoms with van der Waals surface area (Å²) >= 11 is 0. The summed E-state index contributed by atoms with van der Waals surface area (Å²) in [7, 11) is 0. The molecule has 1 fully saturated rings. The highest BCUT2D eigenvalue weighted by Crippen LogP contribution is 2.42. The Kier molecular flexibility index (Phi) is 7.08. The first-order valence-electron chi connectivity index (χ1n) is 12.5. The molecule has 9 heteroatoms. The third-order valence-electron chi connectivity index (χ3n) is 6.86. The molecular weight excluding hydrogens is 508 g/mol. The monoisotopic (exact) mass is 534 g/mol. The van der Waals surface area contributed by atoms with Crippen LogP contribution in [0.5, 0.6) is 0 Å². The standard InChI is InChI=1S/C30H26F4N4O/c1-18-13-21(9-10-25(18)31)27(20-7-8-20)37-29(39)23-15-19(17-38-12-3-2-6-26(38)35)14-22(16-23)24-5-4-11-36-28(24)30(32,33)34/h2-6,9-16,20,27,35H,7-8,17H2,1H3,(H,37,39)/t27-/m0/s1. The summed E-state index contributed by atoms with van der Waals surface area (Å²) < 4.78 is 57.0. The van der Waals surface area contributed by atoms with Gasteiger partial charge in [-0.05, 0) is 90.4 Å². The molecule has 2 heterocycles. The van der Waals surface area contributed by atoms with Gasteiger partial charge in [-0.15, -0.1) is 0 Å². The highest BCUT2D eigenvalue weighted by atomic mass is 19.4. The van der Waals surface area contributed by atoms with Crippen molar-refractivity contribution in [1.82, 2.24) is 14.9 Å². The zero-order valence-electron chi connectivity index (χ0n) is 21.1. The highest BCUT2D eigenvalue weighted by Gasteiger charge is 2.36. The minimum atomic E-state index is -4.69. The fourth-order valence-electron chi connectivity index (χ4n) is 4.73. The first-order valence-corrected chi connectivity index (χ1v) is 12.5. The smallest absolute Gasteiger partial charge is 0.345 e. The van der Waals surface area contributed by atoms with Gasteiger partial charge in [-0.3, -0.25) is 15.2 Å². The number of rotatable bonds is 7. The first kappa shape index (κ1) is 26.3. The molecule has 1 saturated carbocycles. The minimum Gasteiger partial charge on any atom is -0.345 e. The molecule has 0 bridgehead atoms. The molecule has 0 aliphatic heterocycles. The van der Waals surface area contributed by atoms with Crippen molar-refractivity contribution in [3.05, 3.63) is 118 Å². The summed E-state index contributed by atoms with van der Waals surface area (Å²) in [5.41, 5.74) is 1.23. The Balaban J connectivity index is 1.56. The number of carbonyl (C=O) groups excluding carboxylic acids is 1. The molecule has 200 valence electrons. The Morgan fingerprint density at radius 3 is 2.59 bits per heavy atom. The van der Waals surface area contributed by atoms with Gasteiger partial charge in [0.1, 0.15) is 11.3 Å². The van der Waals surface area contributed by atoms with Crippen LogP contribution in [0.4, 0.5) is 17.6 Å². The molecule has 1 aliphatic carbocycles. The number of pyridine rings is 2. The molecule has 1 amide bonds. The van der Waals surface area contributed by atoms with Crippen molar-refractivity contribution in [3.63, 3.8) is 0 Å². The van der Waals surface area contributed by atoms with Crippen LogP contribution in [0.1, 0.15) is 51.6 Å². The Hall–Kier alpha value is -4.27. The normalized spacial score (nSPS) is 14.2. The lowest BCUT2D eigenvalue weighted by Gasteiger charge is -2.21. The van der Waals surface area contributed by atoms with Crippen molar-refractivity contribution in [2.24, 2.45) is 5.92 Å². The van der Waals surface area contributed by atoms with Crippen molar-refractivity contribution < 1.29 is 22.4 Å². The Bertz CT molecular complexity index is 1590. The van der Waals surface area contributed by atoms with E-state index in [1.165, 1.54) is 24.3 Å². The summed E-state index contributed by atoms with van der Waals surface area (Å²) in [5.74, 6) is -0.581. The van der Waals surface area contributed by atoms with Gasteiger partial charge in [0, 0.05) is 30.1 Å². The van der Waals surface area contributed by atoms with E-state index in [1.807, 2.05) is 0 Å². The van der Waals surface area contributed by atoms with Crippen molar-refractivity contribution in [2.45, 2.75) is 38.5 Å². The third-order valence-corrected chi connectivity index (χ3v) is 6.86. The summed E-state index contributed by atoms with van der Waals surface area (Å²) in [6.07, 6.45) is -0.0850. The number of alkyl halides is 3. The molecule has 2 aromatic carbocycles. The SMILES string of the molecule is Cc1cc([C@@H](NC(=O)c2cc(Cn3ccccc3=N)cc(-c3cccnc3C(F)(F)F)c2)C2CC2)ccc1F. The van der Waals surface area contributed by atoms with E-state index in [9.17, 15) is 22.4 Å². The topological polar surface area (TPSA) is 70.8 Å². The number of aromatic nitrogens is 2. The van der Waals surface area contributed by atoms with Gasteiger partial charge in [-0.2, -0.15) is 13.2 Å². The van der Waals surface area contributed by atoms with Crippen LogP contribution >= 0.6 is 0 Å². The fourth-order valence-corrected chi connectivity index (χ4v) is 4.73. The van der Waals surface area contributed by atoms with E-state index >= 15 is 0 Å². The zero-order valence-corrected chi connectivity index (χ0v) is 21.1. The van der Waals surface area contributed by atoms with Crippen molar-refractivity contribution in [3.8, 4) is 11.1 Å². The van der Waals surface area contributed by atoms with Gasteiger partial charge in [0.05, 0.1) is 6.04 Å². The van der Waals surface area contributed by atoms with E-state index in [1.54, 1.807) is 60.2 Å². The molecule has 5 nitrogen and oxygen atoms in total. The van der Waals surface area contributed by atoms with Gasteiger partial charge >= 0.3 is 6.18 Å². The Labute approximate surface area is 222 Å². The van der Waals surface area contributed by atoms with Gasteiger partial charge < -0.3 is 9.88 Å². The minimum absolute atomic E-state index is 0.141.